The highest BCUT2D eigenvalue weighted by atomic mass is 19.1. The molecule has 8 heteroatoms. The summed E-state index contributed by atoms with van der Waals surface area (Å²) >= 11 is 0. The van der Waals surface area contributed by atoms with Crippen molar-refractivity contribution in [2.75, 3.05) is 19.5 Å². The van der Waals surface area contributed by atoms with E-state index in [4.69, 9.17) is 9.47 Å². The van der Waals surface area contributed by atoms with Crippen molar-refractivity contribution < 1.29 is 23.5 Å². The average molecular weight is 373 g/mol. The first kappa shape index (κ1) is 19.9. The molecule has 7 nitrogen and oxygen atoms in total. The number of para-hydroxylation sites is 1. The van der Waals surface area contributed by atoms with Gasteiger partial charge in [0.15, 0.2) is 0 Å². The van der Waals surface area contributed by atoms with E-state index in [2.05, 4.69) is 15.8 Å². The summed E-state index contributed by atoms with van der Waals surface area (Å²) in [5.41, 5.74) is 2.90. The van der Waals surface area contributed by atoms with Gasteiger partial charge in [-0.3, -0.25) is 9.59 Å². The molecule has 0 aliphatic rings. The number of ether oxygens (including phenoxy) is 2. The molecule has 142 valence electrons. The third kappa shape index (κ3) is 5.27. The minimum Gasteiger partial charge on any atom is -0.497 e. The van der Waals surface area contributed by atoms with Crippen LogP contribution in [0.4, 0.5) is 10.1 Å². The van der Waals surface area contributed by atoms with Crippen LogP contribution in [0.3, 0.4) is 0 Å². The fourth-order valence-electron chi connectivity index (χ4n) is 2.11. The van der Waals surface area contributed by atoms with Crippen molar-refractivity contribution in [1.82, 2.24) is 5.43 Å². The molecule has 0 bridgehead atoms. The van der Waals surface area contributed by atoms with Gasteiger partial charge in [0.05, 0.1) is 26.1 Å². The molecule has 0 aliphatic carbocycles. The van der Waals surface area contributed by atoms with E-state index < -0.39 is 23.5 Å². The molecule has 0 saturated heterocycles. The van der Waals surface area contributed by atoms with E-state index in [9.17, 15) is 14.0 Å². The molecule has 0 saturated carbocycles. The van der Waals surface area contributed by atoms with E-state index in [1.807, 2.05) is 0 Å². The van der Waals surface area contributed by atoms with Crippen molar-refractivity contribution in [3.8, 4) is 11.5 Å². The topological polar surface area (TPSA) is 89.0 Å². The summed E-state index contributed by atoms with van der Waals surface area (Å²) < 4.78 is 23.9. The predicted octanol–water partition coefficient (Wildman–Crippen LogP) is 2.57. The fourth-order valence-corrected chi connectivity index (χ4v) is 2.11. The maximum atomic E-state index is 13.6. The lowest BCUT2D eigenvalue weighted by molar-refractivity contribution is -0.131. The zero-order valence-electron chi connectivity index (χ0n) is 15.2. The molecular formula is C19H20FN3O4. The molecule has 0 aromatic heterocycles. The minimum absolute atomic E-state index is 0.00798. The van der Waals surface area contributed by atoms with Gasteiger partial charge >= 0.3 is 0 Å². The Morgan fingerprint density at radius 3 is 2.52 bits per heavy atom. The zero-order valence-corrected chi connectivity index (χ0v) is 15.2. The van der Waals surface area contributed by atoms with Crippen molar-refractivity contribution >= 4 is 23.7 Å². The van der Waals surface area contributed by atoms with E-state index in [1.165, 1.54) is 45.6 Å². The number of rotatable bonds is 7. The van der Waals surface area contributed by atoms with Gasteiger partial charge in [0, 0.05) is 11.6 Å². The number of nitrogens with one attached hydrogen (secondary N) is 2. The number of benzene rings is 2. The predicted molar refractivity (Wildman–Crippen MR) is 99.5 cm³/mol. The van der Waals surface area contributed by atoms with Gasteiger partial charge < -0.3 is 14.8 Å². The van der Waals surface area contributed by atoms with E-state index in [0.717, 1.165) is 0 Å². The Balaban J connectivity index is 1.97. The number of hydrazone groups is 1. The Bertz CT molecular complexity index is 855. The molecule has 1 unspecified atom stereocenters. The van der Waals surface area contributed by atoms with E-state index >= 15 is 0 Å². The molecule has 1 atom stereocenters. The van der Waals surface area contributed by atoms with Crippen LogP contribution in [0, 0.1) is 11.7 Å². The normalized spacial score (nSPS) is 11.7. The van der Waals surface area contributed by atoms with Gasteiger partial charge in [-0.05, 0) is 31.2 Å². The Kier molecular flexibility index (Phi) is 6.87. The van der Waals surface area contributed by atoms with Crippen LogP contribution in [0.5, 0.6) is 11.5 Å². The summed E-state index contributed by atoms with van der Waals surface area (Å²) in [6, 6.07) is 10.8. The third-order valence-electron chi connectivity index (χ3n) is 3.74. The quantitative estimate of drug-likeness (QED) is 0.443. The summed E-state index contributed by atoms with van der Waals surface area (Å²) in [6.07, 6.45) is 1.39. The third-order valence-corrected chi connectivity index (χ3v) is 3.74. The van der Waals surface area contributed by atoms with Crippen LogP contribution in [-0.4, -0.2) is 32.2 Å². The van der Waals surface area contributed by atoms with Crippen molar-refractivity contribution in [3.05, 3.63) is 53.8 Å². The van der Waals surface area contributed by atoms with Crippen LogP contribution >= 0.6 is 0 Å². The van der Waals surface area contributed by atoms with Gasteiger partial charge in [-0.25, -0.2) is 9.82 Å². The average Bonchev–Trinajstić information content (AvgIpc) is 2.69. The van der Waals surface area contributed by atoms with Crippen LogP contribution in [0.25, 0.3) is 0 Å². The zero-order chi connectivity index (χ0) is 19.8. The second-order valence-electron chi connectivity index (χ2n) is 5.53. The maximum absolute atomic E-state index is 13.6. The van der Waals surface area contributed by atoms with Crippen molar-refractivity contribution in [2.24, 2.45) is 11.0 Å². The van der Waals surface area contributed by atoms with Gasteiger partial charge in [0.25, 0.3) is 5.91 Å². The van der Waals surface area contributed by atoms with Crippen LogP contribution in [0.2, 0.25) is 0 Å². The molecule has 0 fully saturated rings. The molecule has 0 spiro atoms. The first-order valence-corrected chi connectivity index (χ1v) is 8.06. The molecule has 2 aromatic rings. The maximum Gasteiger partial charge on any atom is 0.252 e. The Morgan fingerprint density at radius 1 is 1.11 bits per heavy atom. The molecule has 2 amide bonds. The number of anilines is 1. The molecule has 2 rings (SSSR count). The lowest BCUT2D eigenvalue weighted by atomic mass is 10.1. The number of nitrogens with zero attached hydrogens (tertiary/aromatic N) is 1. The second kappa shape index (κ2) is 9.33. The van der Waals surface area contributed by atoms with Crippen LogP contribution in [0.1, 0.15) is 12.5 Å². The molecule has 2 aromatic carbocycles. The van der Waals surface area contributed by atoms with Crippen molar-refractivity contribution in [2.45, 2.75) is 6.92 Å². The summed E-state index contributed by atoms with van der Waals surface area (Å²) in [5, 5.41) is 6.20. The summed E-state index contributed by atoms with van der Waals surface area (Å²) in [6.45, 7) is 1.40. The number of methoxy groups -OCH3 is 2. The van der Waals surface area contributed by atoms with Crippen LogP contribution < -0.4 is 20.2 Å². The number of hydrogen-bond acceptors (Lipinski definition) is 5. The van der Waals surface area contributed by atoms with E-state index in [-0.39, 0.29) is 5.69 Å². The standard InChI is InChI=1S/C19H20FN3O4/c1-12(18(24)22-16-7-5-4-6-15(16)20)19(25)23-21-11-13-8-9-14(26-2)10-17(13)27-3/h4-12H,1-3H3,(H,22,24)(H,23,25). The lowest BCUT2D eigenvalue weighted by Crippen LogP contribution is -2.34. The Hall–Kier alpha value is -3.42. The van der Waals surface area contributed by atoms with Crippen molar-refractivity contribution in [1.29, 1.82) is 0 Å². The molecule has 27 heavy (non-hydrogen) atoms. The fraction of sp³-hybridized carbons (Fsp3) is 0.211. The summed E-state index contributed by atoms with van der Waals surface area (Å²) in [7, 11) is 3.04. The Labute approximate surface area is 156 Å². The van der Waals surface area contributed by atoms with Gasteiger partial charge in [0.1, 0.15) is 23.2 Å². The summed E-state index contributed by atoms with van der Waals surface area (Å²) in [4.78, 5) is 24.2. The second-order valence-corrected chi connectivity index (χ2v) is 5.53. The minimum atomic E-state index is -1.07. The monoisotopic (exact) mass is 373 g/mol. The largest absolute Gasteiger partial charge is 0.497 e. The van der Waals surface area contributed by atoms with Gasteiger partial charge in [-0.15, -0.1) is 0 Å². The highest BCUT2D eigenvalue weighted by Crippen LogP contribution is 2.23. The van der Waals surface area contributed by atoms with Gasteiger partial charge in [-0.1, -0.05) is 12.1 Å². The van der Waals surface area contributed by atoms with Gasteiger partial charge in [-0.2, -0.15) is 5.10 Å². The van der Waals surface area contributed by atoms with Crippen LogP contribution in [-0.2, 0) is 9.59 Å². The number of carbonyl (C=O) groups is 2. The SMILES string of the molecule is COc1ccc(C=NNC(=O)C(C)C(=O)Nc2ccccc2F)c(OC)c1. The molecule has 0 radical (unpaired) electrons. The Morgan fingerprint density at radius 2 is 1.85 bits per heavy atom. The molecule has 0 heterocycles. The highest BCUT2D eigenvalue weighted by molar-refractivity contribution is 6.06. The number of amides is 2. The van der Waals surface area contributed by atoms with E-state index in [0.29, 0.717) is 17.1 Å². The van der Waals surface area contributed by atoms with E-state index in [1.54, 1.807) is 24.3 Å². The smallest absolute Gasteiger partial charge is 0.252 e. The highest BCUT2D eigenvalue weighted by Gasteiger charge is 2.22. The number of halogens is 1. The number of carbonyl (C=O) groups excluding carboxylic acids is 2. The molecule has 2 N–H and O–H groups in total. The first-order chi connectivity index (χ1) is 13.0. The molecule has 0 aliphatic heterocycles. The first-order valence-electron chi connectivity index (χ1n) is 8.06. The van der Waals surface area contributed by atoms with Crippen LogP contribution in [0.15, 0.2) is 47.6 Å². The van der Waals surface area contributed by atoms with Gasteiger partial charge in [0.2, 0.25) is 5.91 Å². The molecular weight excluding hydrogens is 353 g/mol. The van der Waals surface area contributed by atoms with Crippen molar-refractivity contribution in [3.63, 3.8) is 0 Å². The number of hydrogen-bond donors (Lipinski definition) is 2. The summed E-state index contributed by atoms with van der Waals surface area (Å²) in [5.74, 6) is -1.80. The lowest BCUT2D eigenvalue weighted by Gasteiger charge is -2.11.